The number of anilines is 1. The van der Waals surface area contributed by atoms with Gasteiger partial charge in [0.15, 0.2) is 0 Å². The second-order valence-corrected chi connectivity index (χ2v) is 7.97. The maximum Gasteiger partial charge on any atom is 0.131 e. The normalized spacial score (nSPS) is 11.0. The molecular weight excluding hydrogens is 421 g/mol. The Balaban J connectivity index is 1.72. The number of halogens is 2. The smallest absolute Gasteiger partial charge is 0.131 e. The van der Waals surface area contributed by atoms with Crippen LogP contribution in [0.2, 0.25) is 5.15 Å². The number of nitriles is 1. The molecule has 0 spiro atoms. The van der Waals surface area contributed by atoms with Crippen LogP contribution in [0, 0.1) is 17.1 Å². The van der Waals surface area contributed by atoms with Crippen molar-refractivity contribution < 1.29 is 4.39 Å². The number of hydrogen-bond acceptors (Lipinski definition) is 2. The number of pyridine rings is 1. The van der Waals surface area contributed by atoms with Gasteiger partial charge in [0, 0.05) is 17.5 Å². The van der Waals surface area contributed by atoms with Gasteiger partial charge in [-0.1, -0.05) is 78.3 Å². The predicted molar refractivity (Wildman–Crippen MR) is 129 cm³/mol. The number of nitrogens with one attached hydrogen (secondary N) is 1. The zero-order valence-corrected chi connectivity index (χ0v) is 17.9. The van der Waals surface area contributed by atoms with E-state index in [1.54, 1.807) is 18.2 Å². The highest BCUT2D eigenvalue weighted by Gasteiger charge is 2.23. The van der Waals surface area contributed by atoms with Crippen LogP contribution in [0.5, 0.6) is 0 Å². The molecule has 2 aromatic heterocycles. The Morgan fingerprint density at radius 2 is 1.62 bits per heavy atom. The van der Waals surface area contributed by atoms with Crippen LogP contribution < -0.4 is 5.32 Å². The molecule has 5 heteroatoms. The summed E-state index contributed by atoms with van der Waals surface area (Å²) in [7, 11) is 0. The van der Waals surface area contributed by atoms with Gasteiger partial charge >= 0.3 is 0 Å². The average molecular weight is 440 g/mol. The second-order valence-electron chi connectivity index (χ2n) is 7.58. The van der Waals surface area contributed by atoms with Crippen molar-refractivity contribution in [2.24, 2.45) is 0 Å². The fraction of sp³-hybridized carbons (Fsp3) is 0.0741. The standard InChI is InChI=1S/C27H19ClFN3/c28-25-12-6-11-24-22(17-30)26(21-13-14-23(29)20-10-5-4-9-19(20)21)27(32(24)25)31-16-15-18-7-2-1-3-8-18/h1-14,31H,15-16H2. The van der Waals surface area contributed by atoms with Crippen molar-refractivity contribution in [3.05, 3.63) is 107 Å². The Labute approximate surface area is 190 Å². The molecule has 3 nitrogen and oxygen atoms in total. The molecule has 3 aromatic carbocycles. The summed E-state index contributed by atoms with van der Waals surface area (Å²) in [6.07, 6.45) is 0.810. The molecule has 0 unspecified atom stereocenters. The number of hydrogen-bond donors (Lipinski definition) is 1. The molecule has 2 heterocycles. The van der Waals surface area contributed by atoms with Crippen LogP contribution >= 0.6 is 11.6 Å². The van der Waals surface area contributed by atoms with Crippen molar-refractivity contribution >= 4 is 33.7 Å². The van der Waals surface area contributed by atoms with E-state index >= 15 is 0 Å². The van der Waals surface area contributed by atoms with Crippen molar-refractivity contribution in [1.29, 1.82) is 5.26 Å². The summed E-state index contributed by atoms with van der Waals surface area (Å²) in [6.45, 7) is 0.651. The van der Waals surface area contributed by atoms with Crippen LogP contribution in [0.3, 0.4) is 0 Å². The van der Waals surface area contributed by atoms with Gasteiger partial charge in [-0.15, -0.1) is 0 Å². The molecule has 0 saturated heterocycles. The first-order valence-corrected chi connectivity index (χ1v) is 10.8. The van der Waals surface area contributed by atoms with Crippen LogP contribution in [-0.4, -0.2) is 10.9 Å². The maximum atomic E-state index is 14.5. The lowest BCUT2D eigenvalue weighted by molar-refractivity contribution is 0.640. The average Bonchev–Trinajstić information content (AvgIpc) is 3.14. The summed E-state index contributed by atoms with van der Waals surface area (Å²) in [6, 6.07) is 28.6. The van der Waals surface area contributed by atoms with E-state index in [-0.39, 0.29) is 5.82 Å². The lowest BCUT2D eigenvalue weighted by atomic mass is 9.96. The highest BCUT2D eigenvalue weighted by atomic mass is 35.5. The maximum absolute atomic E-state index is 14.5. The number of nitrogens with zero attached hydrogens (tertiary/aromatic N) is 2. The van der Waals surface area contributed by atoms with Gasteiger partial charge < -0.3 is 5.32 Å². The summed E-state index contributed by atoms with van der Waals surface area (Å²) in [5.41, 5.74) is 3.95. The van der Waals surface area contributed by atoms with Crippen LogP contribution in [0.4, 0.5) is 10.2 Å². The molecule has 1 N–H and O–H groups in total. The fourth-order valence-electron chi connectivity index (χ4n) is 4.26. The van der Waals surface area contributed by atoms with E-state index in [2.05, 4.69) is 23.5 Å². The first kappa shape index (κ1) is 20.1. The minimum Gasteiger partial charge on any atom is -0.370 e. The Morgan fingerprint density at radius 3 is 2.41 bits per heavy atom. The van der Waals surface area contributed by atoms with Gasteiger partial charge in [-0.3, -0.25) is 4.40 Å². The molecule has 0 atom stereocenters. The van der Waals surface area contributed by atoms with Crippen LogP contribution in [0.1, 0.15) is 11.1 Å². The summed E-state index contributed by atoms with van der Waals surface area (Å²) < 4.78 is 16.4. The summed E-state index contributed by atoms with van der Waals surface area (Å²) in [5.74, 6) is 0.443. The van der Waals surface area contributed by atoms with E-state index in [1.807, 2.05) is 52.9 Å². The summed E-state index contributed by atoms with van der Waals surface area (Å²) in [4.78, 5) is 0. The molecular formula is C27H19ClFN3. The quantitative estimate of drug-likeness (QED) is 0.297. The molecule has 5 rings (SSSR count). The van der Waals surface area contributed by atoms with Gasteiger partial charge in [0.1, 0.15) is 22.9 Å². The highest BCUT2D eigenvalue weighted by Crippen LogP contribution is 2.41. The molecule has 32 heavy (non-hydrogen) atoms. The molecule has 5 aromatic rings. The van der Waals surface area contributed by atoms with Crippen molar-refractivity contribution in [3.8, 4) is 17.2 Å². The van der Waals surface area contributed by atoms with Crippen LogP contribution in [-0.2, 0) is 6.42 Å². The van der Waals surface area contributed by atoms with Gasteiger partial charge in [-0.2, -0.15) is 5.26 Å². The van der Waals surface area contributed by atoms with E-state index in [9.17, 15) is 9.65 Å². The molecule has 0 saturated carbocycles. The highest BCUT2D eigenvalue weighted by molar-refractivity contribution is 6.30. The van der Waals surface area contributed by atoms with Crippen molar-refractivity contribution in [3.63, 3.8) is 0 Å². The second kappa shape index (κ2) is 8.37. The molecule has 0 amide bonds. The lowest BCUT2D eigenvalue weighted by Gasteiger charge is -2.13. The molecule has 0 aliphatic carbocycles. The third kappa shape index (κ3) is 3.37. The lowest BCUT2D eigenvalue weighted by Crippen LogP contribution is -2.08. The molecule has 0 aliphatic rings. The summed E-state index contributed by atoms with van der Waals surface area (Å²) in [5, 5.41) is 15.4. The molecule has 0 fully saturated rings. The minimum absolute atomic E-state index is 0.289. The van der Waals surface area contributed by atoms with Crippen molar-refractivity contribution in [1.82, 2.24) is 4.40 Å². The van der Waals surface area contributed by atoms with Gasteiger partial charge in [0.25, 0.3) is 0 Å². The Bertz CT molecular complexity index is 1480. The van der Waals surface area contributed by atoms with Crippen LogP contribution in [0.25, 0.3) is 27.4 Å². The van der Waals surface area contributed by atoms with Gasteiger partial charge in [-0.25, -0.2) is 4.39 Å². The minimum atomic E-state index is -0.289. The number of fused-ring (bicyclic) bond motifs is 2. The molecule has 156 valence electrons. The van der Waals surface area contributed by atoms with E-state index in [1.165, 1.54) is 11.6 Å². The zero-order valence-electron chi connectivity index (χ0n) is 17.1. The Hall–Kier alpha value is -3.81. The van der Waals surface area contributed by atoms with Gasteiger partial charge in [0.2, 0.25) is 0 Å². The Morgan fingerprint density at radius 1 is 0.875 bits per heavy atom. The van der Waals surface area contributed by atoms with Crippen molar-refractivity contribution in [2.45, 2.75) is 6.42 Å². The fourth-order valence-corrected chi connectivity index (χ4v) is 4.50. The Kier molecular flexibility index (Phi) is 5.26. The monoisotopic (exact) mass is 439 g/mol. The van der Waals surface area contributed by atoms with Crippen LogP contribution in [0.15, 0.2) is 84.9 Å². The third-order valence-corrected chi connectivity index (χ3v) is 6.00. The first-order chi connectivity index (χ1) is 15.7. The van der Waals surface area contributed by atoms with E-state index in [0.717, 1.165) is 28.8 Å². The number of aromatic nitrogens is 1. The first-order valence-electron chi connectivity index (χ1n) is 10.4. The SMILES string of the molecule is N#Cc1c(-c2ccc(F)c3ccccc23)c(NCCc2ccccc2)n2c(Cl)cccc12. The van der Waals surface area contributed by atoms with E-state index < -0.39 is 0 Å². The number of benzene rings is 3. The van der Waals surface area contributed by atoms with E-state index in [0.29, 0.717) is 28.2 Å². The summed E-state index contributed by atoms with van der Waals surface area (Å²) >= 11 is 6.58. The molecule has 0 radical (unpaired) electrons. The van der Waals surface area contributed by atoms with E-state index in [4.69, 9.17) is 11.6 Å². The molecule has 0 bridgehead atoms. The van der Waals surface area contributed by atoms with Crippen molar-refractivity contribution in [2.75, 3.05) is 11.9 Å². The largest absolute Gasteiger partial charge is 0.370 e. The predicted octanol–water partition coefficient (Wildman–Crippen LogP) is 7.08. The topological polar surface area (TPSA) is 40.2 Å². The number of rotatable bonds is 5. The molecule has 0 aliphatic heterocycles. The van der Waals surface area contributed by atoms with Gasteiger partial charge in [0.05, 0.1) is 11.1 Å². The van der Waals surface area contributed by atoms with Gasteiger partial charge in [-0.05, 0) is 41.1 Å². The zero-order chi connectivity index (χ0) is 22.1. The third-order valence-electron chi connectivity index (χ3n) is 5.71.